The van der Waals surface area contributed by atoms with E-state index in [4.69, 9.17) is 9.47 Å². The minimum Gasteiger partial charge on any atom is -0.378 e. The summed E-state index contributed by atoms with van der Waals surface area (Å²) in [7, 11) is 0. The van der Waals surface area contributed by atoms with Crippen molar-refractivity contribution in [1.29, 1.82) is 0 Å². The number of ether oxygens (including phenoxy) is 2. The summed E-state index contributed by atoms with van der Waals surface area (Å²) in [5.41, 5.74) is 0. The number of alkyl halides is 1. The second kappa shape index (κ2) is 2.95. The Bertz CT molecular complexity index is 117. The molecule has 0 saturated carbocycles. The van der Waals surface area contributed by atoms with Crippen molar-refractivity contribution in [2.45, 2.75) is 18.6 Å². The van der Waals surface area contributed by atoms with Crippen molar-refractivity contribution in [2.75, 3.05) is 17.6 Å². The van der Waals surface area contributed by atoms with E-state index >= 15 is 0 Å². The van der Waals surface area contributed by atoms with E-state index in [0.29, 0.717) is 18.1 Å². The van der Waals surface area contributed by atoms with Gasteiger partial charge in [-0.25, -0.2) is 0 Å². The van der Waals surface area contributed by atoms with Gasteiger partial charge in [-0.15, -0.1) is 0 Å². The van der Waals surface area contributed by atoms with E-state index in [0.717, 1.165) is 17.6 Å². The Morgan fingerprint density at radius 1 is 1.40 bits per heavy atom. The maximum atomic E-state index is 5.70. The third kappa shape index (κ3) is 1.19. The summed E-state index contributed by atoms with van der Waals surface area (Å²) in [6.07, 6.45) is 2.16. The molecule has 0 aromatic carbocycles. The Balaban J connectivity index is 1.94. The van der Waals surface area contributed by atoms with Gasteiger partial charge in [0.25, 0.3) is 0 Å². The lowest BCUT2D eigenvalue weighted by atomic mass is 10.0. The zero-order valence-electron chi connectivity index (χ0n) is 5.75. The second-order valence-corrected chi connectivity index (χ2v) is 3.86. The van der Waals surface area contributed by atoms with Crippen molar-refractivity contribution in [3.05, 3.63) is 0 Å². The van der Waals surface area contributed by atoms with E-state index in [1.807, 2.05) is 0 Å². The number of hydrogen-bond acceptors (Lipinski definition) is 2. The van der Waals surface area contributed by atoms with Crippen LogP contribution in [0.2, 0.25) is 0 Å². The first-order valence-electron chi connectivity index (χ1n) is 3.69. The molecule has 2 aliphatic rings. The first-order valence-corrected chi connectivity index (χ1v) is 5.22. The zero-order valence-corrected chi connectivity index (χ0v) is 7.91. The van der Waals surface area contributed by atoms with E-state index in [1.165, 1.54) is 6.42 Å². The highest BCUT2D eigenvalue weighted by Crippen LogP contribution is 2.31. The van der Waals surface area contributed by atoms with Crippen molar-refractivity contribution < 1.29 is 9.47 Å². The van der Waals surface area contributed by atoms with Crippen LogP contribution in [0.4, 0.5) is 0 Å². The molecular formula is C7H11IO2. The van der Waals surface area contributed by atoms with Gasteiger partial charge in [-0.1, -0.05) is 22.6 Å². The summed E-state index contributed by atoms with van der Waals surface area (Å²) < 4.78 is 12.1. The monoisotopic (exact) mass is 254 g/mol. The van der Waals surface area contributed by atoms with Crippen LogP contribution < -0.4 is 0 Å². The highest BCUT2D eigenvalue weighted by Gasteiger charge is 2.38. The molecule has 0 N–H and O–H groups in total. The molecule has 0 unspecified atom stereocenters. The highest BCUT2D eigenvalue weighted by atomic mass is 127. The lowest BCUT2D eigenvalue weighted by molar-refractivity contribution is 0.0319. The summed E-state index contributed by atoms with van der Waals surface area (Å²) >= 11 is 2.38. The van der Waals surface area contributed by atoms with E-state index in [2.05, 4.69) is 22.6 Å². The first-order chi connectivity index (χ1) is 4.90. The van der Waals surface area contributed by atoms with E-state index < -0.39 is 0 Å². The van der Waals surface area contributed by atoms with Gasteiger partial charge in [0.15, 0.2) is 0 Å². The molecule has 0 spiro atoms. The summed E-state index contributed by atoms with van der Waals surface area (Å²) in [5.74, 6) is 0.708. The zero-order chi connectivity index (χ0) is 6.97. The summed E-state index contributed by atoms with van der Waals surface area (Å²) in [4.78, 5) is 0. The molecule has 0 aromatic rings. The molecule has 3 heteroatoms. The minimum absolute atomic E-state index is 0.430. The minimum atomic E-state index is 0.430. The van der Waals surface area contributed by atoms with Gasteiger partial charge >= 0.3 is 0 Å². The number of halogens is 1. The predicted molar refractivity (Wildman–Crippen MR) is 46.5 cm³/mol. The third-order valence-electron chi connectivity index (χ3n) is 2.24. The molecule has 58 valence electrons. The maximum absolute atomic E-state index is 5.70. The average molecular weight is 254 g/mol. The fraction of sp³-hybridized carbons (Fsp3) is 1.00. The van der Waals surface area contributed by atoms with Gasteiger partial charge in [0.05, 0.1) is 25.4 Å². The summed E-state index contributed by atoms with van der Waals surface area (Å²) in [6, 6.07) is 0. The van der Waals surface area contributed by atoms with Crippen LogP contribution >= 0.6 is 22.6 Å². The molecule has 0 aliphatic carbocycles. The van der Waals surface area contributed by atoms with Crippen LogP contribution in [0.5, 0.6) is 0 Å². The topological polar surface area (TPSA) is 18.5 Å². The lowest BCUT2D eigenvalue weighted by Crippen LogP contribution is -2.14. The summed E-state index contributed by atoms with van der Waals surface area (Å²) in [5, 5.41) is 0. The van der Waals surface area contributed by atoms with Crippen LogP contribution in [-0.2, 0) is 9.47 Å². The molecule has 2 fully saturated rings. The second-order valence-electron chi connectivity index (χ2n) is 2.98. The maximum Gasteiger partial charge on any atom is 0.0863 e. The fourth-order valence-electron chi connectivity index (χ4n) is 1.69. The van der Waals surface area contributed by atoms with Crippen molar-refractivity contribution in [3.8, 4) is 0 Å². The fourth-order valence-corrected chi connectivity index (χ4v) is 2.26. The molecule has 0 bridgehead atoms. The van der Waals surface area contributed by atoms with Crippen molar-refractivity contribution in [3.63, 3.8) is 0 Å². The van der Waals surface area contributed by atoms with E-state index in [-0.39, 0.29) is 0 Å². The van der Waals surface area contributed by atoms with Crippen molar-refractivity contribution >= 4 is 22.6 Å². The van der Waals surface area contributed by atoms with E-state index in [1.54, 1.807) is 0 Å². The smallest absolute Gasteiger partial charge is 0.0863 e. The first kappa shape index (κ1) is 7.31. The molecule has 2 heterocycles. The van der Waals surface area contributed by atoms with Gasteiger partial charge < -0.3 is 9.47 Å². The molecule has 2 saturated heterocycles. The molecule has 2 nitrogen and oxygen atoms in total. The number of fused-ring (bicyclic) bond motifs is 1. The van der Waals surface area contributed by atoms with Crippen LogP contribution in [0.25, 0.3) is 0 Å². The van der Waals surface area contributed by atoms with Crippen LogP contribution in [0.15, 0.2) is 0 Å². The Morgan fingerprint density at radius 2 is 2.30 bits per heavy atom. The van der Waals surface area contributed by atoms with Gasteiger partial charge in [0, 0.05) is 10.3 Å². The molecule has 0 aromatic heterocycles. The van der Waals surface area contributed by atoms with Crippen LogP contribution in [0, 0.1) is 5.92 Å². The van der Waals surface area contributed by atoms with Crippen molar-refractivity contribution in [2.24, 2.45) is 5.92 Å². The van der Waals surface area contributed by atoms with Gasteiger partial charge in [-0.05, 0) is 6.42 Å². The molecule has 0 amide bonds. The third-order valence-corrected chi connectivity index (χ3v) is 3.23. The largest absolute Gasteiger partial charge is 0.378 e. The van der Waals surface area contributed by atoms with Gasteiger partial charge in [-0.3, -0.25) is 0 Å². The molecule has 2 rings (SSSR count). The van der Waals surface area contributed by atoms with Gasteiger partial charge in [-0.2, -0.15) is 0 Å². The normalized spacial score (nSPS) is 45.9. The Labute approximate surface area is 74.4 Å². The molecule has 2 aliphatic heterocycles. The SMILES string of the molecule is IC[C@@H]1C[C@@H]2COC[C@H]2O1. The van der Waals surface area contributed by atoms with Gasteiger partial charge in [0.2, 0.25) is 0 Å². The molecule has 10 heavy (non-hydrogen) atoms. The number of rotatable bonds is 1. The van der Waals surface area contributed by atoms with Crippen molar-refractivity contribution in [1.82, 2.24) is 0 Å². The number of hydrogen-bond donors (Lipinski definition) is 0. The predicted octanol–water partition coefficient (Wildman–Crippen LogP) is 1.23. The molecule has 3 atom stereocenters. The highest BCUT2D eigenvalue weighted by molar-refractivity contribution is 14.1. The van der Waals surface area contributed by atoms with Crippen LogP contribution in [0.1, 0.15) is 6.42 Å². The Hall–Kier alpha value is 0.650. The Kier molecular flexibility index (Phi) is 2.15. The van der Waals surface area contributed by atoms with Gasteiger partial charge in [0.1, 0.15) is 0 Å². The standard InChI is InChI=1S/C7H11IO2/c8-2-6-1-5-3-9-4-7(5)10-6/h5-7H,1-4H2/t5-,6+,7-/m1/s1. The average Bonchev–Trinajstić information content (AvgIpc) is 2.42. The lowest BCUT2D eigenvalue weighted by Gasteiger charge is -2.07. The summed E-state index contributed by atoms with van der Waals surface area (Å²) in [6.45, 7) is 1.76. The molecule has 0 radical (unpaired) electrons. The quantitative estimate of drug-likeness (QED) is 0.517. The molecular weight excluding hydrogens is 243 g/mol. The Morgan fingerprint density at radius 3 is 3.00 bits per heavy atom. The van der Waals surface area contributed by atoms with Crippen LogP contribution in [0.3, 0.4) is 0 Å². The van der Waals surface area contributed by atoms with Crippen LogP contribution in [-0.4, -0.2) is 29.8 Å². The van der Waals surface area contributed by atoms with E-state index in [9.17, 15) is 0 Å².